The first-order valence-corrected chi connectivity index (χ1v) is 5.72. The molecule has 0 radical (unpaired) electrons. The van der Waals surface area contributed by atoms with Crippen molar-refractivity contribution in [3.8, 4) is 11.5 Å². The second-order valence-corrected chi connectivity index (χ2v) is 4.64. The van der Waals surface area contributed by atoms with Gasteiger partial charge in [0.05, 0.1) is 0 Å². The number of aromatic hydroxyl groups is 2. The molecule has 2 aliphatic carbocycles. The topological polar surface area (TPSA) is 40.5 Å². The largest absolute Gasteiger partial charge is 0.508 e. The molecule has 0 heterocycles. The lowest BCUT2D eigenvalue weighted by Gasteiger charge is -2.05. The molecule has 0 saturated heterocycles. The number of hydrogen-bond donors (Lipinski definition) is 2. The highest BCUT2D eigenvalue weighted by Crippen LogP contribution is 2.43. The van der Waals surface area contributed by atoms with Crippen LogP contribution in [0.15, 0.2) is 24.3 Å². The lowest BCUT2D eigenvalue weighted by molar-refractivity contribution is 0.460. The first-order chi connectivity index (χ1) is 7.24. The van der Waals surface area contributed by atoms with Crippen molar-refractivity contribution >= 4 is 0 Å². The van der Waals surface area contributed by atoms with Gasteiger partial charge < -0.3 is 10.2 Å². The van der Waals surface area contributed by atoms with Crippen LogP contribution in [0.2, 0.25) is 0 Å². The molecule has 0 atom stereocenters. The van der Waals surface area contributed by atoms with Crippen molar-refractivity contribution in [1.29, 1.82) is 0 Å². The average Bonchev–Trinajstić information content (AvgIpc) is 2.87. The molecule has 2 bridgehead atoms. The minimum atomic E-state index is 0.169. The van der Waals surface area contributed by atoms with Crippen LogP contribution in [0.3, 0.4) is 0 Å². The predicted molar refractivity (Wildman–Crippen MR) is 59.8 cm³/mol. The zero-order valence-corrected chi connectivity index (χ0v) is 8.89. The second kappa shape index (κ2) is 4.56. The first-order valence-electron chi connectivity index (χ1n) is 5.72. The van der Waals surface area contributed by atoms with Crippen molar-refractivity contribution in [3.63, 3.8) is 0 Å². The summed E-state index contributed by atoms with van der Waals surface area (Å²) < 4.78 is 0. The Hall–Kier alpha value is -1.18. The van der Waals surface area contributed by atoms with Crippen LogP contribution in [-0.2, 0) is 0 Å². The van der Waals surface area contributed by atoms with Crippen molar-refractivity contribution in [2.75, 3.05) is 0 Å². The normalized spacial score (nSPS) is 27.2. The Labute approximate surface area is 90.6 Å². The van der Waals surface area contributed by atoms with E-state index in [0.717, 1.165) is 0 Å². The molecule has 1 aromatic rings. The van der Waals surface area contributed by atoms with Gasteiger partial charge in [-0.1, -0.05) is 25.7 Å². The van der Waals surface area contributed by atoms with E-state index in [9.17, 15) is 0 Å². The molecular weight excluding hydrogens is 188 g/mol. The lowest BCUT2D eigenvalue weighted by atomic mass is 10.0. The second-order valence-electron chi connectivity index (χ2n) is 4.64. The number of rotatable bonds is 0. The SMILES string of the molecule is C1CC2CCC1C2.Oc1ccc(O)cc1. The van der Waals surface area contributed by atoms with Gasteiger partial charge in [-0.15, -0.1) is 0 Å². The zero-order valence-electron chi connectivity index (χ0n) is 8.89. The smallest absolute Gasteiger partial charge is 0.115 e. The van der Waals surface area contributed by atoms with Gasteiger partial charge in [0, 0.05) is 0 Å². The molecule has 0 unspecified atom stereocenters. The van der Waals surface area contributed by atoms with Gasteiger partial charge in [-0.2, -0.15) is 0 Å². The van der Waals surface area contributed by atoms with Crippen LogP contribution in [0.5, 0.6) is 11.5 Å². The molecule has 2 nitrogen and oxygen atoms in total. The molecular formula is C13H18O2. The van der Waals surface area contributed by atoms with Crippen LogP contribution in [-0.4, -0.2) is 10.2 Å². The van der Waals surface area contributed by atoms with Crippen molar-refractivity contribution in [2.24, 2.45) is 11.8 Å². The molecule has 2 heteroatoms. The number of phenolic OH excluding ortho intramolecular Hbond substituents is 2. The van der Waals surface area contributed by atoms with E-state index in [1.54, 1.807) is 32.1 Å². The highest BCUT2D eigenvalue weighted by atomic mass is 16.3. The Morgan fingerprint density at radius 3 is 1.27 bits per heavy atom. The number of fused-ring (bicyclic) bond motifs is 2. The summed E-state index contributed by atoms with van der Waals surface area (Å²) >= 11 is 0. The third kappa shape index (κ3) is 2.88. The Kier molecular flexibility index (Phi) is 3.14. The van der Waals surface area contributed by atoms with E-state index in [2.05, 4.69) is 0 Å². The van der Waals surface area contributed by atoms with E-state index in [-0.39, 0.29) is 11.5 Å². The number of benzene rings is 1. The predicted octanol–water partition coefficient (Wildman–Crippen LogP) is 3.29. The number of hydrogen-bond acceptors (Lipinski definition) is 2. The minimum Gasteiger partial charge on any atom is -0.508 e. The molecule has 0 aliphatic heterocycles. The highest BCUT2D eigenvalue weighted by molar-refractivity contribution is 5.28. The molecule has 0 spiro atoms. The molecule has 0 aromatic heterocycles. The summed E-state index contributed by atoms with van der Waals surface area (Å²) in [4.78, 5) is 0. The molecule has 82 valence electrons. The van der Waals surface area contributed by atoms with Crippen LogP contribution >= 0.6 is 0 Å². The van der Waals surface area contributed by atoms with Crippen LogP contribution in [0.4, 0.5) is 0 Å². The number of phenols is 2. The summed E-state index contributed by atoms with van der Waals surface area (Å²) in [6, 6.07) is 5.70. The maximum Gasteiger partial charge on any atom is 0.115 e. The lowest BCUT2D eigenvalue weighted by Crippen LogP contribution is -1.90. The summed E-state index contributed by atoms with van der Waals surface area (Å²) in [6.07, 6.45) is 7.82. The Morgan fingerprint density at radius 1 is 0.733 bits per heavy atom. The van der Waals surface area contributed by atoms with E-state index < -0.39 is 0 Å². The Morgan fingerprint density at radius 2 is 1.07 bits per heavy atom. The van der Waals surface area contributed by atoms with E-state index in [1.165, 1.54) is 36.1 Å². The van der Waals surface area contributed by atoms with Gasteiger partial charge >= 0.3 is 0 Å². The first kappa shape index (κ1) is 10.3. The molecule has 3 rings (SSSR count). The van der Waals surface area contributed by atoms with Gasteiger partial charge in [-0.3, -0.25) is 0 Å². The van der Waals surface area contributed by atoms with E-state index in [1.807, 2.05) is 0 Å². The molecule has 15 heavy (non-hydrogen) atoms. The van der Waals surface area contributed by atoms with Gasteiger partial charge in [0.2, 0.25) is 0 Å². The molecule has 2 N–H and O–H groups in total. The van der Waals surface area contributed by atoms with Gasteiger partial charge in [0.25, 0.3) is 0 Å². The monoisotopic (exact) mass is 206 g/mol. The molecule has 1 aromatic carbocycles. The molecule has 2 saturated carbocycles. The maximum absolute atomic E-state index is 8.65. The highest BCUT2D eigenvalue weighted by Gasteiger charge is 2.30. The van der Waals surface area contributed by atoms with Gasteiger partial charge in [-0.25, -0.2) is 0 Å². The van der Waals surface area contributed by atoms with Crippen LogP contribution in [0.1, 0.15) is 32.1 Å². The summed E-state index contributed by atoms with van der Waals surface area (Å²) in [7, 11) is 0. The van der Waals surface area contributed by atoms with E-state index in [0.29, 0.717) is 0 Å². The van der Waals surface area contributed by atoms with Crippen LogP contribution in [0.25, 0.3) is 0 Å². The average molecular weight is 206 g/mol. The van der Waals surface area contributed by atoms with Gasteiger partial charge in [-0.05, 0) is 42.5 Å². The van der Waals surface area contributed by atoms with Crippen LogP contribution < -0.4 is 0 Å². The third-order valence-corrected chi connectivity index (χ3v) is 3.48. The van der Waals surface area contributed by atoms with Crippen molar-refractivity contribution in [1.82, 2.24) is 0 Å². The van der Waals surface area contributed by atoms with Crippen molar-refractivity contribution < 1.29 is 10.2 Å². The third-order valence-electron chi connectivity index (χ3n) is 3.48. The van der Waals surface area contributed by atoms with Crippen molar-refractivity contribution in [2.45, 2.75) is 32.1 Å². The van der Waals surface area contributed by atoms with Crippen molar-refractivity contribution in [3.05, 3.63) is 24.3 Å². The standard InChI is InChI=1S/C7H12.C6H6O2/c1-2-7-4-3-6(1)5-7;7-5-1-2-6(8)4-3-5/h6-7H,1-5H2;1-4,7-8H. The molecule has 2 aliphatic rings. The molecule has 2 fully saturated rings. The quantitative estimate of drug-likeness (QED) is 0.639. The summed E-state index contributed by atoms with van der Waals surface area (Å²) in [6.45, 7) is 0. The van der Waals surface area contributed by atoms with Gasteiger partial charge in [0.1, 0.15) is 11.5 Å². The molecule has 0 amide bonds. The maximum atomic E-state index is 8.65. The Balaban J connectivity index is 0.000000114. The summed E-state index contributed by atoms with van der Waals surface area (Å²) in [5.41, 5.74) is 0. The fraction of sp³-hybridized carbons (Fsp3) is 0.538. The van der Waals surface area contributed by atoms with E-state index in [4.69, 9.17) is 10.2 Å². The van der Waals surface area contributed by atoms with Gasteiger partial charge in [0.15, 0.2) is 0 Å². The summed E-state index contributed by atoms with van der Waals surface area (Å²) in [5, 5.41) is 17.3. The fourth-order valence-electron chi connectivity index (χ4n) is 2.63. The Bertz CT molecular complexity index is 266. The minimum absolute atomic E-state index is 0.169. The van der Waals surface area contributed by atoms with E-state index >= 15 is 0 Å². The zero-order chi connectivity index (χ0) is 10.7. The fourth-order valence-corrected chi connectivity index (χ4v) is 2.63. The summed E-state index contributed by atoms with van der Waals surface area (Å²) in [5.74, 6) is 2.68. The van der Waals surface area contributed by atoms with Crippen LogP contribution in [0, 0.1) is 11.8 Å².